The van der Waals surface area contributed by atoms with Crippen LogP contribution in [0.5, 0.6) is 0 Å². The van der Waals surface area contributed by atoms with Gasteiger partial charge in [0, 0.05) is 10.6 Å². The molecule has 0 bridgehead atoms. The topological polar surface area (TPSA) is 57.6 Å². The molecule has 0 radical (unpaired) electrons. The van der Waals surface area contributed by atoms with Gasteiger partial charge in [0.15, 0.2) is 0 Å². The Morgan fingerprint density at radius 1 is 1.45 bits per heavy atom. The minimum absolute atomic E-state index is 0.0134. The lowest BCUT2D eigenvalue weighted by Crippen LogP contribution is -2.45. The molecule has 108 valence electrons. The second-order valence-corrected chi connectivity index (χ2v) is 7.52. The second kappa shape index (κ2) is 5.41. The van der Waals surface area contributed by atoms with Crippen LogP contribution in [0, 0.1) is 0 Å². The van der Waals surface area contributed by atoms with Gasteiger partial charge in [0.05, 0.1) is 10.3 Å². The fourth-order valence-electron chi connectivity index (χ4n) is 2.90. The van der Waals surface area contributed by atoms with Crippen LogP contribution in [0.4, 0.5) is 0 Å². The summed E-state index contributed by atoms with van der Waals surface area (Å²) >= 11 is 3.12. The summed E-state index contributed by atoms with van der Waals surface area (Å²) in [7, 11) is 0. The van der Waals surface area contributed by atoms with E-state index in [0.717, 1.165) is 19.3 Å². The molecule has 1 aliphatic heterocycles. The van der Waals surface area contributed by atoms with Gasteiger partial charge in [0.25, 0.3) is 5.91 Å². The molecule has 0 spiro atoms. The van der Waals surface area contributed by atoms with Crippen LogP contribution in [0.2, 0.25) is 0 Å². The van der Waals surface area contributed by atoms with Crippen molar-refractivity contribution >= 4 is 35.0 Å². The smallest absolute Gasteiger partial charge is 0.327 e. The first-order valence-corrected chi connectivity index (χ1v) is 8.77. The Hall–Kier alpha value is -1.01. The Kier molecular flexibility index (Phi) is 3.77. The maximum Gasteiger partial charge on any atom is 0.327 e. The molecule has 2 aliphatic rings. The van der Waals surface area contributed by atoms with Crippen LogP contribution in [0.1, 0.15) is 39.9 Å². The van der Waals surface area contributed by atoms with E-state index in [2.05, 4.69) is 0 Å². The van der Waals surface area contributed by atoms with E-state index < -0.39 is 12.0 Å². The number of carboxylic acid groups (broad SMARTS) is 1. The molecule has 1 aromatic heterocycles. The average molecular weight is 311 g/mol. The minimum atomic E-state index is -0.897. The van der Waals surface area contributed by atoms with Gasteiger partial charge in [-0.2, -0.15) is 0 Å². The number of fused-ring (bicyclic) bond motifs is 1. The first-order chi connectivity index (χ1) is 9.61. The van der Waals surface area contributed by atoms with Crippen molar-refractivity contribution in [1.82, 2.24) is 4.90 Å². The molecule has 2 heterocycles. The largest absolute Gasteiger partial charge is 0.480 e. The van der Waals surface area contributed by atoms with Crippen molar-refractivity contribution < 1.29 is 14.7 Å². The number of carbonyl (C=O) groups excluding carboxylic acids is 1. The van der Waals surface area contributed by atoms with Crippen LogP contribution in [0.25, 0.3) is 0 Å². The number of nitrogens with zero attached hydrogens (tertiary/aromatic N) is 1. The van der Waals surface area contributed by atoms with Crippen molar-refractivity contribution in [2.75, 3.05) is 5.75 Å². The third-order valence-corrected chi connectivity index (χ3v) is 6.60. The summed E-state index contributed by atoms with van der Waals surface area (Å²) in [6.45, 7) is 2.00. The molecule has 1 amide bonds. The summed E-state index contributed by atoms with van der Waals surface area (Å²) in [6, 6.07) is 1.29. The number of rotatable bonds is 3. The van der Waals surface area contributed by atoms with Crippen LogP contribution in [-0.2, 0) is 17.6 Å². The summed E-state index contributed by atoms with van der Waals surface area (Å²) in [5.41, 5.74) is 1.28. The van der Waals surface area contributed by atoms with Gasteiger partial charge in [-0.25, -0.2) is 4.79 Å². The number of aliphatic carboxylic acids is 1. The molecule has 1 aliphatic carbocycles. The van der Waals surface area contributed by atoms with E-state index in [9.17, 15) is 14.7 Å². The molecule has 0 saturated carbocycles. The van der Waals surface area contributed by atoms with E-state index >= 15 is 0 Å². The molecule has 20 heavy (non-hydrogen) atoms. The molecule has 3 rings (SSSR count). The van der Waals surface area contributed by atoms with Crippen molar-refractivity contribution in [2.24, 2.45) is 0 Å². The zero-order chi connectivity index (χ0) is 14.3. The SMILES string of the molecule is CCC1SCC(C(=O)O)N1C(=O)c1cc2c(s1)CCC2. The van der Waals surface area contributed by atoms with Crippen LogP contribution < -0.4 is 0 Å². The fourth-order valence-corrected chi connectivity index (χ4v) is 5.45. The van der Waals surface area contributed by atoms with E-state index in [4.69, 9.17) is 0 Å². The normalized spacial score (nSPS) is 24.9. The van der Waals surface area contributed by atoms with Crippen LogP contribution >= 0.6 is 23.1 Å². The van der Waals surface area contributed by atoms with Crippen molar-refractivity contribution in [3.05, 3.63) is 21.4 Å². The van der Waals surface area contributed by atoms with Gasteiger partial charge < -0.3 is 10.0 Å². The number of aryl methyl sites for hydroxylation is 2. The monoisotopic (exact) mass is 311 g/mol. The standard InChI is InChI=1S/C14H17NO3S2/c1-2-12-15(9(7-19-12)14(17)18)13(16)11-6-8-4-3-5-10(8)20-11/h6,9,12H,2-5,7H2,1H3,(H,17,18). The van der Waals surface area contributed by atoms with Crippen molar-refractivity contribution in [3.63, 3.8) is 0 Å². The predicted molar refractivity (Wildman–Crippen MR) is 80.5 cm³/mol. The lowest BCUT2D eigenvalue weighted by Gasteiger charge is -2.26. The van der Waals surface area contributed by atoms with Crippen LogP contribution in [0.3, 0.4) is 0 Å². The summed E-state index contributed by atoms with van der Waals surface area (Å²) in [6.07, 6.45) is 4.06. The first kappa shape index (κ1) is 13.9. The number of carboxylic acids is 1. The number of amides is 1. The molecule has 2 atom stereocenters. The fraction of sp³-hybridized carbons (Fsp3) is 0.571. The summed E-state index contributed by atoms with van der Waals surface area (Å²) in [4.78, 5) is 27.6. The van der Waals surface area contributed by atoms with Gasteiger partial charge in [-0.15, -0.1) is 23.1 Å². The van der Waals surface area contributed by atoms with Crippen molar-refractivity contribution in [1.29, 1.82) is 0 Å². The lowest BCUT2D eigenvalue weighted by molar-refractivity contribution is -0.141. The summed E-state index contributed by atoms with van der Waals surface area (Å²) in [5, 5.41) is 9.29. The Labute approximate surface area is 126 Å². The van der Waals surface area contributed by atoms with Gasteiger partial charge in [-0.1, -0.05) is 6.92 Å². The van der Waals surface area contributed by atoms with E-state index in [1.165, 1.54) is 16.9 Å². The van der Waals surface area contributed by atoms with Gasteiger partial charge in [0.1, 0.15) is 6.04 Å². The third kappa shape index (κ3) is 2.24. The van der Waals surface area contributed by atoms with E-state index in [-0.39, 0.29) is 11.3 Å². The lowest BCUT2D eigenvalue weighted by atomic mass is 10.2. The molecule has 1 fully saturated rings. The molecule has 2 unspecified atom stereocenters. The van der Waals surface area contributed by atoms with Crippen LogP contribution in [-0.4, -0.2) is 39.1 Å². The Morgan fingerprint density at radius 3 is 2.90 bits per heavy atom. The number of thiophene rings is 1. The van der Waals surface area contributed by atoms with Gasteiger partial charge >= 0.3 is 5.97 Å². The number of hydrogen-bond acceptors (Lipinski definition) is 4. The molecular weight excluding hydrogens is 294 g/mol. The Morgan fingerprint density at radius 2 is 2.25 bits per heavy atom. The van der Waals surface area contributed by atoms with E-state index in [1.54, 1.807) is 28.0 Å². The molecule has 1 N–H and O–H groups in total. The van der Waals surface area contributed by atoms with E-state index in [1.807, 2.05) is 13.0 Å². The average Bonchev–Trinajstić information content (AvgIpc) is 3.10. The minimum Gasteiger partial charge on any atom is -0.480 e. The number of thioether (sulfide) groups is 1. The number of hydrogen-bond donors (Lipinski definition) is 1. The predicted octanol–water partition coefficient (Wildman–Crippen LogP) is 2.62. The third-order valence-electron chi connectivity index (χ3n) is 3.92. The first-order valence-electron chi connectivity index (χ1n) is 6.90. The van der Waals surface area contributed by atoms with E-state index in [0.29, 0.717) is 10.6 Å². The van der Waals surface area contributed by atoms with Crippen molar-refractivity contribution in [2.45, 2.75) is 44.0 Å². The zero-order valence-corrected chi connectivity index (χ0v) is 12.9. The molecule has 1 saturated heterocycles. The maximum atomic E-state index is 12.7. The van der Waals surface area contributed by atoms with Crippen molar-refractivity contribution in [3.8, 4) is 0 Å². The highest BCUT2D eigenvalue weighted by atomic mass is 32.2. The van der Waals surface area contributed by atoms with Gasteiger partial charge in [-0.05, 0) is 37.3 Å². The summed E-state index contributed by atoms with van der Waals surface area (Å²) < 4.78 is 0. The van der Waals surface area contributed by atoms with Crippen LogP contribution in [0.15, 0.2) is 6.07 Å². The molecule has 6 heteroatoms. The van der Waals surface area contributed by atoms with Gasteiger partial charge in [-0.3, -0.25) is 4.79 Å². The summed E-state index contributed by atoms with van der Waals surface area (Å²) in [5.74, 6) is -0.510. The molecule has 0 aromatic carbocycles. The highest BCUT2D eigenvalue weighted by Crippen LogP contribution is 2.36. The Balaban J connectivity index is 1.88. The zero-order valence-electron chi connectivity index (χ0n) is 11.3. The quantitative estimate of drug-likeness (QED) is 0.932. The number of carbonyl (C=O) groups is 2. The molecule has 4 nitrogen and oxygen atoms in total. The van der Waals surface area contributed by atoms with Gasteiger partial charge in [0.2, 0.25) is 0 Å². The highest BCUT2D eigenvalue weighted by Gasteiger charge is 2.41. The molecule has 1 aromatic rings. The second-order valence-electron chi connectivity index (χ2n) is 5.18. The maximum absolute atomic E-state index is 12.7. The molecular formula is C14H17NO3S2. The Bertz CT molecular complexity index is 533. The highest BCUT2D eigenvalue weighted by molar-refractivity contribution is 8.00.